The molecule has 13 aromatic rings. The minimum absolute atomic E-state index is 0.647. The van der Waals surface area contributed by atoms with Crippen molar-refractivity contribution < 1.29 is 0 Å². The van der Waals surface area contributed by atoms with Crippen LogP contribution in [0.5, 0.6) is 0 Å². The Morgan fingerprint density at radius 2 is 0.647 bits per heavy atom. The quantitative estimate of drug-likeness (QED) is 0.153. The van der Waals surface area contributed by atoms with Crippen molar-refractivity contribution in [1.29, 1.82) is 0 Å². The molecule has 0 fully saturated rings. The molecule has 13 rings (SSSR count). The van der Waals surface area contributed by atoms with Crippen molar-refractivity contribution in [3.63, 3.8) is 0 Å². The minimum atomic E-state index is 0.647. The first kappa shape index (κ1) is 39.1. The van der Waals surface area contributed by atoms with E-state index in [-0.39, 0.29) is 0 Å². The Labute approximate surface area is 392 Å². The zero-order chi connectivity index (χ0) is 45.0. The molecule has 0 aliphatic carbocycles. The van der Waals surface area contributed by atoms with Gasteiger partial charge in [0.05, 0.1) is 50.5 Å². The maximum atomic E-state index is 5.46. The SMILES string of the molecule is c1ccc(-c2cc(-c3ccc(-n4c5ccccc5c5ccc(-n6c7ccccc7c7ccccc76)cc54)c(-c4cc(-c5ccccc5)nc(-c5ccccc5)n4)c3)nc(-c3ccccc3)n2)cc1. The van der Waals surface area contributed by atoms with Gasteiger partial charge in [0, 0.05) is 60.6 Å². The van der Waals surface area contributed by atoms with Crippen LogP contribution in [-0.4, -0.2) is 29.1 Å². The monoisotopic (exact) mass is 868 g/mol. The maximum absolute atomic E-state index is 5.46. The molecular weight excluding hydrogens is 829 g/mol. The van der Waals surface area contributed by atoms with Gasteiger partial charge < -0.3 is 9.13 Å². The van der Waals surface area contributed by atoms with Crippen molar-refractivity contribution in [2.75, 3.05) is 0 Å². The second-order valence-electron chi connectivity index (χ2n) is 17.0. The molecule has 0 unspecified atom stereocenters. The molecule has 0 saturated carbocycles. The highest BCUT2D eigenvalue weighted by atomic mass is 15.0. The van der Waals surface area contributed by atoms with E-state index in [9.17, 15) is 0 Å². The van der Waals surface area contributed by atoms with Crippen LogP contribution in [0.25, 0.3) is 123 Å². The largest absolute Gasteiger partial charge is 0.309 e. The molecule has 0 amide bonds. The Hall–Kier alpha value is -9.26. The molecule has 0 saturated heterocycles. The van der Waals surface area contributed by atoms with Crippen molar-refractivity contribution in [2.45, 2.75) is 0 Å². The van der Waals surface area contributed by atoms with Crippen LogP contribution in [0.4, 0.5) is 0 Å². The molecule has 0 radical (unpaired) electrons. The third-order valence-electron chi connectivity index (χ3n) is 13.0. The smallest absolute Gasteiger partial charge is 0.160 e. The second kappa shape index (κ2) is 16.3. The number of hydrogen-bond donors (Lipinski definition) is 0. The fourth-order valence-electron chi connectivity index (χ4n) is 9.78. The molecule has 6 nitrogen and oxygen atoms in total. The molecule has 0 aliphatic heterocycles. The number of para-hydroxylation sites is 3. The van der Waals surface area contributed by atoms with Gasteiger partial charge in [-0.3, -0.25) is 0 Å². The van der Waals surface area contributed by atoms with E-state index in [0.717, 1.165) is 84.0 Å². The molecule has 68 heavy (non-hydrogen) atoms. The summed E-state index contributed by atoms with van der Waals surface area (Å²) in [4.78, 5) is 21.1. The predicted octanol–water partition coefficient (Wildman–Crippen LogP) is 15.5. The summed E-state index contributed by atoms with van der Waals surface area (Å²) < 4.78 is 4.81. The maximum Gasteiger partial charge on any atom is 0.160 e. The molecule has 0 bridgehead atoms. The van der Waals surface area contributed by atoms with Gasteiger partial charge in [0.25, 0.3) is 0 Å². The second-order valence-corrected chi connectivity index (χ2v) is 17.0. The van der Waals surface area contributed by atoms with Gasteiger partial charge in [0.1, 0.15) is 0 Å². The van der Waals surface area contributed by atoms with Crippen LogP contribution in [0.2, 0.25) is 0 Å². The van der Waals surface area contributed by atoms with Crippen molar-refractivity contribution in [1.82, 2.24) is 29.1 Å². The first-order valence-corrected chi connectivity index (χ1v) is 22.9. The highest BCUT2D eigenvalue weighted by Gasteiger charge is 2.22. The van der Waals surface area contributed by atoms with E-state index in [0.29, 0.717) is 11.6 Å². The Morgan fingerprint density at radius 3 is 1.16 bits per heavy atom. The number of hydrogen-bond acceptors (Lipinski definition) is 4. The molecule has 4 heterocycles. The molecule has 6 heteroatoms. The molecule has 0 aliphatic rings. The lowest BCUT2D eigenvalue weighted by Crippen LogP contribution is -2.02. The minimum Gasteiger partial charge on any atom is -0.309 e. The topological polar surface area (TPSA) is 61.4 Å². The zero-order valence-corrected chi connectivity index (χ0v) is 36.8. The highest BCUT2D eigenvalue weighted by molar-refractivity contribution is 6.12. The van der Waals surface area contributed by atoms with Crippen LogP contribution in [0.15, 0.2) is 243 Å². The standard InChI is InChI=1S/C62H40N6/c1-5-19-41(20-6-1)52-39-54(65-61(63-52)43-23-9-3-10-24-43)45-33-36-59(51(37-45)55-40-53(42-21-7-2-8-22-42)64-62(66-55)44-25-11-4-12-26-44)68-58-32-18-15-29-49(58)50-35-34-46(38-60(50)68)67-56-30-16-13-27-47(56)48-28-14-17-31-57(48)67/h1-40H. The summed E-state index contributed by atoms with van der Waals surface area (Å²) in [5.41, 5.74) is 15.6. The molecule has 9 aromatic carbocycles. The average molecular weight is 869 g/mol. The fraction of sp³-hybridized carbons (Fsp3) is 0. The molecule has 0 atom stereocenters. The van der Waals surface area contributed by atoms with Crippen LogP contribution in [-0.2, 0) is 0 Å². The summed E-state index contributed by atoms with van der Waals surface area (Å²) in [7, 11) is 0. The van der Waals surface area contributed by atoms with Crippen LogP contribution < -0.4 is 0 Å². The molecule has 318 valence electrons. The van der Waals surface area contributed by atoms with Crippen LogP contribution in [0, 0.1) is 0 Å². The highest BCUT2D eigenvalue weighted by Crippen LogP contribution is 2.41. The van der Waals surface area contributed by atoms with Crippen LogP contribution in [0.3, 0.4) is 0 Å². The molecule has 0 spiro atoms. The van der Waals surface area contributed by atoms with Gasteiger partial charge in [-0.15, -0.1) is 0 Å². The molecule has 4 aromatic heterocycles. The lowest BCUT2D eigenvalue weighted by Gasteiger charge is -2.18. The fourth-order valence-corrected chi connectivity index (χ4v) is 9.78. The summed E-state index contributed by atoms with van der Waals surface area (Å²) in [6.45, 7) is 0. The van der Waals surface area contributed by atoms with E-state index in [1.165, 1.54) is 27.2 Å². The number of rotatable bonds is 8. The van der Waals surface area contributed by atoms with E-state index in [4.69, 9.17) is 19.9 Å². The van der Waals surface area contributed by atoms with Crippen LogP contribution in [0.1, 0.15) is 0 Å². The Bertz CT molecular complexity index is 3840. The summed E-state index contributed by atoms with van der Waals surface area (Å²) in [5, 5.41) is 4.78. The number of nitrogens with zero attached hydrogens (tertiary/aromatic N) is 6. The van der Waals surface area contributed by atoms with Crippen molar-refractivity contribution in [3.05, 3.63) is 243 Å². The van der Waals surface area contributed by atoms with E-state index in [1.807, 2.05) is 60.7 Å². The van der Waals surface area contributed by atoms with E-state index in [1.54, 1.807) is 0 Å². The van der Waals surface area contributed by atoms with Gasteiger partial charge in [0.15, 0.2) is 11.6 Å². The van der Waals surface area contributed by atoms with E-state index < -0.39 is 0 Å². The van der Waals surface area contributed by atoms with Gasteiger partial charge in [-0.25, -0.2) is 19.9 Å². The Morgan fingerprint density at radius 1 is 0.250 bits per heavy atom. The number of aromatic nitrogens is 6. The van der Waals surface area contributed by atoms with Crippen LogP contribution >= 0.6 is 0 Å². The normalized spacial score (nSPS) is 11.5. The van der Waals surface area contributed by atoms with Gasteiger partial charge in [-0.2, -0.15) is 0 Å². The summed E-state index contributed by atoms with van der Waals surface area (Å²) >= 11 is 0. The predicted molar refractivity (Wildman–Crippen MR) is 279 cm³/mol. The van der Waals surface area contributed by atoms with E-state index in [2.05, 4.69) is 191 Å². The summed E-state index contributed by atoms with van der Waals surface area (Å²) in [6.07, 6.45) is 0. The molecule has 0 N–H and O–H groups in total. The zero-order valence-electron chi connectivity index (χ0n) is 36.8. The third kappa shape index (κ3) is 6.74. The first-order chi connectivity index (χ1) is 33.7. The van der Waals surface area contributed by atoms with Crippen molar-refractivity contribution in [2.24, 2.45) is 0 Å². The lowest BCUT2D eigenvalue weighted by molar-refractivity contribution is 1.14. The molecular formula is C62H40N6. The first-order valence-electron chi connectivity index (χ1n) is 22.9. The average Bonchev–Trinajstić information content (AvgIpc) is 3.94. The number of fused-ring (bicyclic) bond motifs is 6. The van der Waals surface area contributed by atoms with E-state index >= 15 is 0 Å². The van der Waals surface area contributed by atoms with Gasteiger partial charge in [-0.05, 0) is 54.6 Å². The Balaban J connectivity index is 1.11. The van der Waals surface area contributed by atoms with Gasteiger partial charge in [-0.1, -0.05) is 188 Å². The van der Waals surface area contributed by atoms with Gasteiger partial charge in [0.2, 0.25) is 0 Å². The lowest BCUT2D eigenvalue weighted by atomic mass is 9.99. The van der Waals surface area contributed by atoms with Crippen molar-refractivity contribution >= 4 is 43.6 Å². The summed E-state index contributed by atoms with van der Waals surface area (Å²) in [6, 6.07) is 85.0. The number of benzene rings is 9. The summed E-state index contributed by atoms with van der Waals surface area (Å²) in [5.74, 6) is 1.31. The van der Waals surface area contributed by atoms with Crippen molar-refractivity contribution in [3.8, 4) is 79.2 Å². The Kier molecular flexibility index (Phi) is 9.39. The third-order valence-corrected chi connectivity index (χ3v) is 13.0. The van der Waals surface area contributed by atoms with Gasteiger partial charge >= 0.3 is 0 Å².